The van der Waals surface area contributed by atoms with Gasteiger partial charge in [0.25, 0.3) is 0 Å². The molecule has 2 heterocycles. The molecule has 0 unspecified atom stereocenters. The van der Waals surface area contributed by atoms with Crippen LogP contribution < -0.4 is 0 Å². The summed E-state index contributed by atoms with van der Waals surface area (Å²) in [6.45, 7) is 5.13. The predicted octanol–water partition coefficient (Wildman–Crippen LogP) is 2.57. The maximum atomic E-state index is 12.1. The number of carbonyl (C=O) groups is 1. The van der Waals surface area contributed by atoms with Crippen molar-refractivity contribution in [3.8, 4) is 0 Å². The van der Waals surface area contributed by atoms with Gasteiger partial charge in [-0.15, -0.1) is 0 Å². The van der Waals surface area contributed by atoms with Gasteiger partial charge in [-0.1, -0.05) is 30.3 Å². The zero-order valence-electron chi connectivity index (χ0n) is 11.3. The molecule has 0 saturated carbocycles. The van der Waals surface area contributed by atoms with Gasteiger partial charge in [0.15, 0.2) is 0 Å². The highest BCUT2D eigenvalue weighted by atomic mass is 16.6. The molecule has 4 nitrogen and oxygen atoms in total. The Morgan fingerprint density at radius 3 is 2.95 bits per heavy atom. The first-order chi connectivity index (χ1) is 9.08. The highest BCUT2D eigenvalue weighted by Gasteiger charge is 2.58. The first-order valence-corrected chi connectivity index (χ1v) is 6.74. The van der Waals surface area contributed by atoms with Gasteiger partial charge in [-0.25, -0.2) is 4.79 Å². The van der Waals surface area contributed by atoms with Crippen molar-refractivity contribution >= 4 is 6.09 Å². The van der Waals surface area contributed by atoms with E-state index in [4.69, 9.17) is 9.47 Å². The maximum absolute atomic E-state index is 12.1. The third kappa shape index (κ3) is 2.45. The van der Waals surface area contributed by atoms with Crippen molar-refractivity contribution in [1.29, 1.82) is 0 Å². The Morgan fingerprint density at radius 1 is 1.47 bits per heavy atom. The van der Waals surface area contributed by atoms with Crippen LogP contribution in [-0.2, 0) is 16.1 Å². The number of hydrogen-bond donors (Lipinski definition) is 0. The van der Waals surface area contributed by atoms with Crippen molar-refractivity contribution in [2.24, 2.45) is 0 Å². The first kappa shape index (κ1) is 12.5. The van der Waals surface area contributed by atoms with E-state index >= 15 is 0 Å². The predicted molar refractivity (Wildman–Crippen MR) is 70.7 cm³/mol. The van der Waals surface area contributed by atoms with Crippen molar-refractivity contribution < 1.29 is 14.3 Å². The van der Waals surface area contributed by atoms with Gasteiger partial charge in [0.1, 0.15) is 12.7 Å². The zero-order chi connectivity index (χ0) is 13.5. The molecule has 0 bridgehead atoms. The molecule has 3 atom stereocenters. The number of carbonyl (C=O) groups excluding carboxylic acids is 1. The molecule has 0 aliphatic carbocycles. The third-order valence-electron chi connectivity index (χ3n) is 4.07. The van der Waals surface area contributed by atoms with Crippen molar-refractivity contribution in [3.05, 3.63) is 35.9 Å². The molecule has 4 heteroatoms. The monoisotopic (exact) mass is 261 g/mol. The Balaban J connectivity index is 1.56. The number of rotatable bonds is 2. The van der Waals surface area contributed by atoms with E-state index in [1.54, 1.807) is 4.90 Å². The fourth-order valence-corrected chi connectivity index (χ4v) is 2.81. The smallest absolute Gasteiger partial charge is 0.410 e. The Bertz CT molecular complexity index is 476. The van der Waals surface area contributed by atoms with E-state index in [1.165, 1.54) is 0 Å². The Hall–Kier alpha value is -1.55. The van der Waals surface area contributed by atoms with E-state index in [2.05, 4.69) is 6.92 Å². The van der Waals surface area contributed by atoms with Crippen LogP contribution in [0.1, 0.15) is 25.8 Å². The van der Waals surface area contributed by atoms with Gasteiger partial charge in [-0.3, -0.25) is 0 Å². The number of ether oxygens (including phenoxy) is 2. The van der Waals surface area contributed by atoms with Gasteiger partial charge in [-0.05, 0) is 25.8 Å². The summed E-state index contributed by atoms with van der Waals surface area (Å²) < 4.78 is 11.0. The minimum Gasteiger partial charge on any atom is -0.445 e. The topological polar surface area (TPSA) is 42.1 Å². The minimum atomic E-state index is -0.242. The van der Waals surface area contributed by atoms with Gasteiger partial charge in [-0.2, -0.15) is 0 Å². The van der Waals surface area contributed by atoms with Gasteiger partial charge in [0, 0.05) is 6.04 Å². The molecule has 0 aromatic heterocycles. The second-order valence-corrected chi connectivity index (χ2v) is 5.66. The SMILES string of the molecule is C[C@@H]1C[C@]2(C)O[C@H]2CN1C(=O)OCc1ccccc1. The van der Waals surface area contributed by atoms with Gasteiger partial charge in [0.2, 0.25) is 0 Å². The van der Waals surface area contributed by atoms with Crippen molar-refractivity contribution in [3.63, 3.8) is 0 Å². The summed E-state index contributed by atoms with van der Waals surface area (Å²) in [7, 11) is 0. The summed E-state index contributed by atoms with van der Waals surface area (Å²) in [6.07, 6.45) is 0.833. The zero-order valence-corrected chi connectivity index (χ0v) is 11.3. The normalized spacial score (nSPS) is 32.6. The molecule has 2 aliphatic heterocycles. The summed E-state index contributed by atoms with van der Waals surface area (Å²) in [6, 6.07) is 9.91. The summed E-state index contributed by atoms with van der Waals surface area (Å²) >= 11 is 0. The molecule has 2 fully saturated rings. The van der Waals surface area contributed by atoms with Crippen LogP contribution in [0.25, 0.3) is 0 Å². The number of fused-ring (bicyclic) bond motifs is 1. The lowest BCUT2D eigenvalue weighted by Gasteiger charge is -2.32. The maximum Gasteiger partial charge on any atom is 0.410 e. The Kier molecular flexibility index (Phi) is 2.97. The van der Waals surface area contributed by atoms with Crippen LogP contribution in [0.4, 0.5) is 4.79 Å². The fourth-order valence-electron chi connectivity index (χ4n) is 2.81. The molecule has 2 aliphatic rings. The average Bonchev–Trinajstić information content (AvgIpc) is 3.06. The Morgan fingerprint density at radius 2 is 2.21 bits per heavy atom. The van der Waals surface area contributed by atoms with Crippen LogP contribution in [0, 0.1) is 0 Å². The van der Waals surface area contributed by atoms with E-state index in [9.17, 15) is 4.79 Å². The van der Waals surface area contributed by atoms with E-state index in [1.807, 2.05) is 37.3 Å². The largest absolute Gasteiger partial charge is 0.445 e. The van der Waals surface area contributed by atoms with Crippen molar-refractivity contribution in [2.75, 3.05) is 6.54 Å². The first-order valence-electron chi connectivity index (χ1n) is 6.74. The Labute approximate surface area is 113 Å². The van der Waals surface area contributed by atoms with E-state index in [-0.39, 0.29) is 23.8 Å². The summed E-state index contributed by atoms with van der Waals surface area (Å²) in [5.74, 6) is 0. The number of nitrogens with zero attached hydrogens (tertiary/aromatic N) is 1. The molecule has 0 radical (unpaired) electrons. The van der Waals surface area contributed by atoms with Gasteiger partial charge in [0.05, 0.1) is 12.1 Å². The molecule has 3 rings (SSSR count). The van der Waals surface area contributed by atoms with Crippen molar-refractivity contribution in [2.45, 2.75) is 44.6 Å². The molecular weight excluding hydrogens is 242 g/mol. The molecular formula is C15H19NO3. The van der Waals surface area contributed by atoms with E-state index in [0.717, 1.165) is 12.0 Å². The molecule has 1 aromatic carbocycles. The van der Waals surface area contributed by atoms with Crippen LogP contribution in [0.3, 0.4) is 0 Å². The standard InChI is InChI=1S/C15H19NO3/c1-11-8-15(2)13(19-15)9-16(11)14(17)18-10-12-6-4-3-5-7-12/h3-7,11,13H,8-10H2,1-2H3/t11-,13+,15+/m1/s1. The molecule has 2 saturated heterocycles. The number of epoxide rings is 1. The summed E-state index contributed by atoms with van der Waals surface area (Å²) in [5, 5.41) is 0. The number of hydrogen-bond acceptors (Lipinski definition) is 3. The van der Waals surface area contributed by atoms with Gasteiger partial charge >= 0.3 is 6.09 Å². The van der Waals surface area contributed by atoms with Crippen LogP contribution in [0.15, 0.2) is 30.3 Å². The van der Waals surface area contributed by atoms with Gasteiger partial charge < -0.3 is 14.4 Å². The van der Waals surface area contributed by atoms with E-state index < -0.39 is 0 Å². The lowest BCUT2D eigenvalue weighted by molar-refractivity contribution is 0.0731. The van der Waals surface area contributed by atoms with Crippen LogP contribution >= 0.6 is 0 Å². The number of piperidine rings is 1. The van der Waals surface area contributed by atoms with E-state index in [0.29, 0.717) is 13.2 Å². The molecule has 0 N–H and O–H groups in total. The van der Waals surface area contributed by atoms with Crippen LogP contribution in [0.5, 0.6) is 0 Å². The quantitative estimate of drug-likeness (QED) is 0.768. The highest BCUT2D eigenvalue weighted by Crippen LogP contribution is 2.45. The second kappa shape index (κ2) is 4.53. The fraction of sp³-hybridized carbons (Fsp3) is 0.533. The molecule has 0 spiro atoms. The molecule has 1 aromatic rings. The lowest BCUT2D eigenvalue weighted by Crippen LogP contribution is -2.47. The lowest BCUT2D eigenvalue weighted by atomic mass is 9.93. The van der Waals surface area contributed by atoms with Crippen LogP contribution in [-0.4, -0.2) is 35.3 Å². The molecule has 102 valence electrons. The average molecular weight is 261 g/mol. The number of amides is 1. The summed E-state index contributed by atoms with van der Waals surface area (Å²) in [5.41, 5.74) is 1.00. The second-order valence-electron chi connectivity index (χ2n) is 5.66. The minimum absolute atomic E-state index is 0.00434. The summed E-state index contributed by atoms with van der Waals surface area (Å²) in [4.78, 5) is 13.9. The number of likely N-dealkylation sites (tertiary alicyclic amines) is 1. The third-order valence-corrected chi connectivity index (χ3v) is 4.07. The number of benzene rings is 1. The molecule has 1 amide bonds. The highest BCUT2D eigenvalue weighted by molar-refractivity contribution is 5.68. The van der Waals surface area contributed by atoms with Crippen molar-refractivity contribution in [1.82, 2.24) is 4.90 Å². The van der Waals surface area contributed by atoms with Crippen LogP contribution in [0.2, 0.25) is 0 Å². The molecule has 19 heavy (non-hydrogen) atoms.